The van der Waals surface area contributed by atoms with Crippen molar-refractivity contribution in [2.24, 2.45) is 4.99 Å². The zero-order chi connectivity index (χ0) is 17.9. The molecule has 126 valence electrons. The van der Waals surface area contributed by atoms with Gasteiger partial charge in [-0.1, -0.05) is 6.08 Å². The molecule has 0 amide bonds. The third-order valence-corrected chi connectivity index (χ3v) is 3.60. The molecule has 0 saturated heterocycles. The topological polar surface area (TPSA) is 58.3 Å². The Morgan fingerprint density at radius 3 is 2.36 bits per heavy atom. The fourth-order valence-corrected chi connectivity index (χ4v) is 2.26. The number of benzene rings is 1. The lowest BCUT2D eigenvalue weighted by Crippen LogP contribution is -2.07. The quantitative estimate of drug-likeness (QED) is 0.822. The van der Waals surface area contributed by atoms with E-state index in [4.69, 9.17) is 10.00 Å². The molecule has 1 aromatic heterocycles. The zero-order valence-electron chi connectivity index (χ0n) is 12.9. The Hall–Kier alpha value is -3.14. The number of dihydropyridines is 1. The van der Waals surface area contributed by atoms with Crippen LogP contribution in [-0.2, 0) is 6.18 Å². The van der Waals surface area contributed by atoms with Crippen LogP contribution in [0.15, 0.2) is 59.2 Å². The van der Waals surface area contributed by atoms with Crippen molar-refractivity contribution in [3.05, 3.63) is 65.4 Å². The fourth-order valence-electron chi connectivity index (χ4n) is 2.26. The molecule has 3 rings (SSSR count). The van der Waals surface area contributed by atoms with Crippen LogP contribution in [0.2, 0.25) is 0 Å². The molecule has 0 radical (unpaired) electrons. The average molecular weight is 343 g/mol. The lowest BCUT2D eigenvalue weighted by Gasteiger charge is -2.11. The lowest BCUT2D eigenvalue weighted by atomic mass is 10.0. The van der Waals surface area contributed by atoms with Gasteiger partial charge in [0.25, 0.3) is 0 Å². The highest BCUT2D eigenvalue weighted by atomic mass is 19.4. The van der Waals surface area contributed by atoms with E-state index >= 15 is 0 Å². The minimum atomic E-state index is -4.42. The molecule has 2 aromatic rings. The van der Waals surface area contributed by atoms with Gasteiger partial charge in [-0.3, -0.25) is 4.99 Å². The number of alkyl halides is 3. The summed E-state index contributed by atoms with van der Waals surface area (Å²) >= 11 is 0. The summed E-state index contributed by atoms with van der Waals surface area (Å²) in [5.74, 6) is 0.540. The van der Waals surface area contributed by atoms with Gasteiger partial charge in [-0.05, 0) is 35.9 Å². The van der Waals surface area contributed by atoms with Gasteiger partial charge in [0.2, 0.25) is 5.88 Å². The van der Waals surface area contributed by atoms with Crippen molar-refractivity contribution in [2.45, 2.75) is 12.6 Å². The molecule has 7 heteroatoms. The van der Waals surface area contributed by atoms with Gasteiger partial charge in [0.15, 0.2) is 0 Å². The Bertz CT molecular complexity index is 860. The first-order chi connectivity index (χ1) is 12.0. The maximum Gasteiger partial charge on any atom is 0.417 e. The number of aromatic nitrogens is 1. The molecule has 0 atom stereocenters. The summed E-state index contributed by atoms with van der Waals surface area (Å²) in [6.07, 6.45) is -1.25. The number of hydrogen-bond acceptors (Lipinski definition) is 4. The molecule has 0 unspecified atom stereocenters. The summed E-state index contributed by atoms with van der Waals surface area (Å²) in [6.45, 7) is 0.375. The van der Waals surface area contributed by atoms with Gasteiger partial charge in [-0.15, -0.1) is 0 Å². The fraction of sp³-hybridized carbons (Fsp3) is 0.167. The number of nitriles is 1. The predicted octanol–water partition coefficient (Wildman–Crippen LogP) is 4.54. The average Bonchev–Trinajstić information content (AvgIpc) is 2.62. The Morgan fingerprint density at radius 2 is 1.84 bits per heavy atom. The van der Waals surface area contributed by atoms with E-state index in [0.717, 1.165) is 23.5 Å². The van der Waals surface area contributed by atoms with Crippen molar-refractivity contribution in [3.63, 3.8) is 0 Å². The summed E-state index contributed by atoms with van der Waals surface area (Å²) in [5.41, 5.74) is 1.60. The van der Waals surface area contributed by atoms with Crippen LogP contribution in [-0.4, -0.2) is 17.2 Å². The number of rotatable bonds is 3. The Labute approximate surface area is 141 Å². The molecule has 25 heavy (non-hydrogen) atoms. The highest BCUT2D eigenvalue weighted by molar-refractivity contribution is 6.02. The van der Waals surface area contributed by atoms with Crippen molar-refractivity contribution in [1.82, 2.24) is 4.98 Å². The van der Waals surface area contributed by atoms with Gasteiger partial charge in [0.1, 0.15) is 5.75 Å². The van der Waals surface area contributed by atoms with Crippen LogP contribution in [0.4, 0.5) is 13.2 Å². The Kier molecular flexibility index (Phi) is 4.52. The van der Waals surface area contributed by atoms with E-state index < -0.39 is 11.7 Å². The lowest BCUT2D eigenvalue weighted by molar-refractivity contribution is -0.137. The summed E-state index contributed by atoms with van der Waals surface area (Å²) in [5, 5.41) is 8.81. The largest absolute Gasteiger partial charge is 0.439 e. The minimum absolute atomic E-state index is 0.0809. The minimum Gasteiger partial charge on any atom is -0.439 e. The van der Waals surface area contributed by atoms with E-state index in [1.807, 2.05) is 18.2 Å². The molecule has 1 aromatic carbocycles. The van der Waals surface area contributed by atoms with Crippen molar-refractivity contribution < 1.29 is 17.9 Å². The smallest absolute Gasteiger partial charge is 0.417 e. The standard InChI is InChI=1S/C18H12F3N3O/c19-18(20,21)14-4-8-17(24-11-14)25-15-5-2-13(3-6-15)16-7-1-12(9-22)10-23-16/h1-6,8,11H,7,10H2. The summed E-state index contributed by atoms with van der Waals surface area (Å²) in [6, 6.07) is 11.2. The monoisotopic (exact) mass is 343 g/mol. The van der Waals surface area contributed by atoms with Crippen LogP contribution in [0.3, 0.4) is 0 Å². The highest BCUT2D eigenvalue weighted by Gasteiger charge is 2.30. The van der Waals surface area contributed by atoms with Crippen molar-refractivity contribution >= 4 is 5.71 Å². The van der Waals surface area contributed by atoms with Gasteiger partial charge in [0, 0.05) is 30.0 Å². The third kappa shape index (κ3) is 4.04. The number of aliphatic imine (C=N–C) groups is 1. The van der Waals surface area contributed by atoms with E-state index in [2.05, 4.69) is 16.0 Å². The van der Waals surface area contributed by atoms with Gasteiger partial charge < -0.3 is 4.74 Å². The predicted molar refractivity (Wildman–Crippen MR) is 85.5 cm³/mol. The molecule has 0 fully saturated rings. The molecule has 2 heterocycles. The van der Waals surface area contributed by atoms with Crippen molar-refractivity contribution in [2.75, 3.05) is 6.54 Å². The van der Waals surface area contributed by atoms with E-state index in [1.165, 1.54) is 6.07 Å². The first-order valence-corrected chi connectivity index (χ1v) is 7.40. The Balaban J connectivity index is 1.67. The second-order valence-electron chi connectivity index (χ2n) is 5.32. The van der Waals surface area contributed by atoms with Crippen LogP contribution in [0.1, 0.15) is 17.5 Å². The number of allylic oxidation sites excluding steroid dienone is 1. The number of nitrogens with zero attached hydrogens (tertiary/aromatic N) is 3. The molecule has 0 saturated carbocycles. The van der Waals surface area contributed by atoms with Crippen LogP contribution in [0.25, 0.3) is 0 Å². The van der Waals surface area contributed by atoms with Gasteiger partial charge in [0.05, 0.1) is 18.2 Å². The molecule has 0 N–H and O–H groups in total. The first-order valence-electron chi connectivity index (χ1n) is 7.40. The number of halogens is 3. The van der Waals surface area contributed by atoms with Crippen molar-refractivity contribution in [3.8, 4) is 17.7 Å². The molecular weight excluding hydrogens is 331 g/mol. The van der Waals surface area contributed by atoms with E-state index in [-0.39, 0.29) is 5.88 Å². The molecule has 4 nitrogen and oxygen atoms in total. The number of pyridine rings is 1. The summed E-state index contributed by atoms with van der Waals surface area (Å²) in [7, 11) is 0. The molecular formula is C18H12F3N3O. The van der Waals surface area contributed by atoms with Gasteiger partial charge in [-0.25, -0.2) is 4.98 Å². The summed E-state index contributed by atoms with van der Waals surface area (Å²) in [4.78, 5) is 8.03. The molecule has 0 bridgehead atoms. The van der Waals surface area contributed by atoms with Crippen LogP contribution in [0.5, 0.6) is 11.6 Å². The molecule has 1 aliphatic rings. The van der Waals surface area contributed by atoms with E-state index in [9.17, 15) is 13.2 Å². The maximum absolute atomic E-state index is 12.5. The van der Waals surface area contributed by atoms with E-state index in [1.54, 1.807) is 12.1 Å². The van der Waals surface area contributed by atoms with Gasteiger partial charge >= 0.3 is 6.18 Å². The highest BCUT2D eigenvalue weighted by Crippen LogP contribution is 2.30. The third-order valence-electron chi connectivity index (χ3n) is 3.60. The maximum atomic E-state index is 12.5. The van der Waals surface area contributed by atoms with Crippen LogP contribution < -0.4 is 4.74 Å². The van der Waals surface area contributed by atoms with Crippen molar-refractivity contribution in [1.29, 1.82) is 5.26 Å². The van der Waals surface area contributed by atoms with E-state index in [0.29, 0.717) is 24.3 Å². The number of hydrogen-bond donors (Lipinski definition) is 0. The SMILES string of the molecule is N#CC1=CCC(c2ccc(Oc3ccc(C(F)(F)F)cn3)cc2)=NC1. The summed E-state index contributed by atoms with van der Waals surface area (Å²) < 4.78 is 43.0. The van der Waals surface area contributed by atoms with Crippen LogP contribution in [0, 0.1) is 11.3 Å². The molecule has 0 aliphatic carbocycles. The van der Waals surface area contributed by atoms with Crippen LogP contribution >= 0.6 is 0 Å². The van der Waals surface area contributed by atoms with Gasteiger partial charge in [-0.2, -0.15) is 18.4 Å². The second kappa shape index (κ2) is 6.77. The molecule has 1 aliphatic heterocycles. The zero-order valence-corrected chi connectivity index (χ0v) is 12.9. The normalized spacial score (nSPS) is 14.3. The molecule has 0 spiro atoms. The Morgan fingerprint density at radius 1 is 1.08 bits per heavy atom. The first kappa shape index (κ1) is 16.7. The second-order valence-corrected chi connectivity index (χ2v) is 5.32. The number of ether oxygens (including phenoxy) is 1.